The lowest BCUT2D eigenvalue weighted by Crippen LogP contribution is -2.26. The molecule has 0 atom stereocenters. The lowest BCUT2D eigenvalue weighted by atomic mass is 10.4. The molecule has 3 heteroatoms. The van der Waals surface area contributed by atoms with E-state index in [0.29, 0.717) is 6.61 Å². The van der Waals surface area contributed by atoms with Gasteiger partial charge in [-0.15, -0.1) is 0 Å². The van der Waals surface area contributed by atoms with Crippen LogP contribution in [0.4, 0.5) is 0 Å². The quantitative estimate of drug-likeness (QED) is 0.586. The Balaban J connectivity index is 3.79. The van der Waals surface area contributed by atoms with E-state index < -0.39 is 0 Å². The Labute approximate surface area is 94.1 Å². The van der Waals surface area contributed by atoms with Crippen LogP contribution >= 0.6 is 0 Å². The SMILES string of the molecule is CC(C)OCCC(OC(C)C)OC(C)C. The van der Waals surface area contributed by atoms with Crippen molar-refractivity contribution in [2.75, 3.05) is 6.61 Å². The molecule has 0 aliphatic carbocycles. The fraction of sp³-hybridized carbons (Fsp3) is 1.00. The maximum absolute atomic E-state index is 5.64. The Hall–Kier alpha value is -0.120. The highest BCUT2D eigenvalue weighted by molar-refractivity contribution is 4.51. The fourth-order valence-electron chi connectivity index (χ4n) is 1.18. The lowest BCUT2D eigenvalue weighted by Gasteiger charge is -2.23. The Morgan fingerprint density at radius 2 is 1.20 bits per heavy atom. The summed E-state index contributed by atoms with van der Waals surface area (Å²) >= 11 is 0. The van der Waals surface area contributed by atoms with Crippen LogP contribution in [-0.2, 0) is 14.2 Å². The molecule has 0 rings (SSSR count). The summed E-state index contributed by atoms with van der Waals surface area (Å²) in [6, 6.07) is 0. The van der Waals surface area contributed by atoms with E-state index in [1.165, 1.54) is 0 Å². The monoisotopic (exact) mass is 218 g/mol. The second kappa shape index (κ2) is 8.08. The van der Waals surface area contributed by atoms with Crippen LogP contribution in [0.2, 0.25) is 0 Å². The second-order valence-corrected chi connectivity index (χ2v) is 4.51. The van der Waals surface area contributed by atoms with Crippen molar-refractivity contribution in [3.05, 3.63) is 0 Å². The van der Waals surface area contributed by atoms with Gasteiger partial charge in [-0.2, -0.15) is 0 Å². The standard InChI is InChI=1S/C12H26O3/c1-9(2)13-8-7-12(14-10(3)4)15-11(5)6/h9-12H,7-8H2,1-6H3. The van der Waals surface area contributed by atoms with Gasteiger partial charge in [0.05, 0.1) is 24.9 Å². The summed E-state index contributed by atoms with van der Waals surface area (Å²) in [7, 11) is 0. The third-order valence-electron chi connectivity index (χ3n) is 1.65. The minimum absolute atomic E-state index is 0.149. The highest BCUT2D eigenvalue weighted by Crippen LogP contribution is 2.08. The largest absolute Gasteiger partial charge is 0.379 e. The Kier molecular flexibility index (Phi) is 8.02. The molecule has 0 saturated carbocycles. The summed E-state index contributed by atoms with van der Waals surface area (Å²) in [5.74, 6) is 0. The molecule has 0 aromatic carbocycles. The molecular weight excluding hydrogens is 192 g/mol. The number of rotatable bonds is 8. The Morgan fingerprint density at radius 3 is 1.53 bits per heavy atom. The number of ether oxygens (including phenoxy) is 3. The molecule has 0 spiro atoms. The Morgan fingerprint density at radius 1 is 0.733 bits per heavy atom. The van der Waals surface area contributed by atoms with Gasteiger partial charge in [-0.1, -0.05) is 0 Å². The molecule has 0 saturated heterocycles. The molecule has 0 heterocycles. The maximum atomic E-state index is 5.64. The molecule has 15 heavy (non-hydrogen) atoms. The first-order chi connectivity index (χ1) is 6.91. The summed E-state index contributed by atoms with van der Waals surface area (Å²) in [6.07, 6.45) is 1.28. The van der Waals surface area contributed by atoms with Crippen molar-refractivity contribution in [1.82, 2.24) is 0 Å². The fourth-order valence-corrected chi connectivity index (χ4v) is 1.18. The summed E-state index contributed by atoms with van der Waals surface area (Å²) < 4.78 is 16.8. The molecule has 0 aliphatic rings. The summed E-state index contributed by atoms with van der Waals surface area (Å²) in [6.45, 7) is 12.8. The van der Waals surface area contributed by atoms with Crippen molar-refractivity contribution >= 4 is 0 Å². The normalized spacial score (nSPS) is 12.4. The van der Waals surface area contributed by atoms with E-state index >= 15 is 0 Å². The highest BCUT2D eigenvalue weighted by Gasteiger charge is 2.13. The van der Waals surface area contributed by atoms with Crippen LogP contribution < -0.4 is 0 Å². The average Bonchev–Trinajstić information content (AvgIpc) is 2.00. The zero-order valence-electron chi connectivity index (χ0n) is 10.9. The second-order valence-electron chi connectivity index (χ2n) is 4.51. The molecule has 0 fully saturated rings. The number of hydrogen-bond acceptors (Lipinski definition) is 3. The zero-order chi connectivity index (χ0) is 11.8. The van der Waals surface area contributed by atoms with Crippen LogP contribution in [-0.4, -0.2) is 31.2 Å². The van der Waals surface area contributed by atoms with E-state index in [0.717, 1.165) is 6.42 Å². The van der Waals surface area contributed by atoms with Gasteiger partial charge in [0.15, 0.2) is 6.29 Å². The van der Waals surface area contributed by atoms with Crippen molar-refractivity contribution in [2.24, 2.45) is 0 Å². The third kappa shape index (κ3) is 10.2. The molecule has 92 valence electrons. The van der Waals surface area contributed by atoms with Gasteiger partial charge in [0.2, 0.25) is 0 Å². The summed E-state index contributed by atoms with van der Waals surface area (Å²) in [5.41, 5.74) is 0. The van der Waals surface area contributed by atoms with E-state index in [1.807, 2.05) is 41.5 Å². The van der Waals surface area contributed by atoms with Crippen LogP contribution in [0.5, 0.6) is 0 Å². The minimum atomic E-state index is -0.149. The van der Waals surface area contributed by atoms with Gasteiger partial charge in [-0.3, -0.25) is 0 Å². The molecule has 0 aromatic heterocycles. The van der Waals surface area contributed by atoms with Gasteiger partial charge in [0.25, 0.3) is 0 Å². The van der Waals surface area contributed by atoms with E-state index in [-0.39, 0.29) is 24.6 Å². The van der Waals surface area contributed by atoms with E-state index in [4.69, 9.17) is 14.2 Å². The van der Waals surface area contributed by atoms with Crippen molar-refractivity contribution in [3.8, 4) is 0 Å². The first-order valence-electron chi connectivity index (χ1n) is 5.84. The predicted octanol–water partition coefficient (Wildman–Crippen LogP) is 2.98. The summed E-state index contributed by atoms with van der Waals surface area (Å²) in [4.78, 5) is 0. The van der Waals surface area contributed by atoms with E-state index in [2.05, 4.69) is 0 Å². The van der Waals surface area contributed by atoms with Gasteiger partial charge < -0.3 is 14.2 Å². The van der Waals surface area contributed by atoms with Crippen molar-refractivity contribution in [2.45, 2.75) is 72.6 Å². The molecule has 0 aromatic rings. The predicted molar refractivity (Wildman–Crippen MR) is 61.9 cm³/mol. The molecule has 0 aliphatic heterocycles. The molecule has 3 nitrogen and oxygen atoms in total. The van der Waals surface area contributed by atoms with Gasteiger partial charge in [-0.25, -0.2) is 0 Å². The topological polar surface area (TPSA) is 27.7 Å². The Bertz CT molecular complexity index is 134. The minimum Gasteiger partial charge on any atom is -0.379 e. The first kappa shape index (κ1) is 14.9. The first-order valence-corrected chi connectivity index (χ1v) is 5.84. The zero-order valence-corrected chi connectivity index (χ0v) is 10.9. The van der Waals surface area contributed by atoms with Crippen LogP contribution in [0.3, 0.4) is 0 Å². The third-order valence-corrected chi connectivity index (χ3v) is 1.65. The molecule has 0 amide bonds. The molecule has 0 radical (unpaired) electrons. The molecular formula is C12H26O3. The van der Waals surface area contributed by atoms with Crippen molar-refractivity contribution in [3.63, 3.8) is 0 Å². The van der Waals surface area contributed by atoms with Crippen molar-refractivity contribution < 1.29 is 14.2 Å². The van der Waals surface area contributed by atoms with Crippen LogP contribution in [0.15, 0.2) is 0 Å². The number of hydrogen-bond donors (Lipinski definition) is 0. The van der Waals surface area contributed by atoms with Crippen LogP contribution in [0.1, 0.15) is 48.0 Å². The van der Waals surface area contributed by atoms with E-state index in [1.54, 1.807) is 0 Å². The van der Waals surface area contributed by atoms with Gasteiger partial charge in [0.1, 0.15) is 0 Å². The summed E-state index contributed by atoms with van der Waals surface area (Å²) in [5, 5.41) is 0. The average molecular weight is 218 g/mol. The van der Waals surface area contributed by atoms with E-state index in [9.17, 15) is 0 Å². The lowest BCUT2D eigenvalue weighted by molar-refractivity contribution is -0.189. The van der Waals surface area contributed by atoms with Gasteiger partial charge >= 0.3 is 0 Å². The smallest absolute Gasteiger partial charge is 0.160 e. The van der Waals surface area contributed by atoms with Crippen molar-refractivity contribution in [1.29, 1.82) is 0 Å². The highest BCUT2D eigenvalue weighted by atomic mass is 16.7. The van der Waals surface area contributed by atoms with Gasteiger partial charge in [0, 0.05) is 6.42 Å². The van der Waals surface area contributed by atoms with Crippen LogP contribution in [0, 0.1) is 0 Å². The maximum Gasteiger partial charge on any atom is 0.160 e. The van der Waals surface area contributed by atoms with Crippen LogP contribution in [0.25, 0.3) is 0 Å². The molecule has 0 N–H and O–H groups in total. The van der Waals surface area contributed by atoms with Gasteiger partial charge in [-0.05, 0) is 41.5 Å². The molecule has 0 bridgehead atoms. The molecule has 0 unspecified atom stereocenters.